The second-order valence-electron chi connectivity index (χ2n) is 8.59. The summed E-state index contributed by atoms with van der Waals surface area (Å²) in [6, 6.07) is 11.7. The molecule has 2 amide bonds. The Labute approximate surface area is 189 Å². The first kappa shape index (κ1) is 22.1. The lowest BCUT2D eigenvalue weighted by Crippen LogP contribution is -2.41. The molecule has 0 radical (unpaired) electrons. The number of carbonyl (C=O) groups is 2. The van der Waals surface area contributed by atoms with Crippen LogP contribution >= 0.6 is 0 Å². The fraction of sp³-hybridized carbons (Fsp3) is 0.480. The molecule has 1 aromatic heterocycles. The number of methoxy groups -OCH3 is 2. The molecule has 7 heteroatoms. The minimum Gasteiger partial charge on any atom is -0.493 e. The van der Waals surface area contributed by atoms with Crippen LogP contribution in [0.15, 0.2) is 42.6 Å². The number of hydrogen-bond donors (Lipinski definition) is 0. The van der Waals surface area contributed by atoms with Crippen molar-refractivity contribution in [3.05, 3.63) is 53.9 Å². The molecule has 2 unspecified atom stereocenters. The fourth-order valence-electron chi connectivity index (χ4n) is 4.47. The summed E-state index contributed by atoms with van der Waals surface area (Å²) in [4.78, 5) is 34.4. The summed E-state index contributed by atoms with van der Waals surface area (Å²) in [7, 11) is 3.22. The monoisotopic (exact) mass is 437 g/mol. The molecule has 1 aromatic carbocycles. The number of nitrogens with zero attached hydrogens (tertiary/aromatic N) is 3. The number of hydrogen-bond acceptors (Lipinski definition) is 5. The van der Waals surface area contributed by atoms with Gasteiger partial charge in [-0.1, -0.05) is 12.1 Å². The first-order valence-corrected chi connectivity index (χ1v) is 11.2. The quantitative estimate of drug-likeness (QED) is 0.602. The molecule has 0 spiro atoms. The van der Waals surface area contributed by atoms with Crippen molar-refractivity contribution in [1.82, 2.24) is 14.8 Å². The number of likely N-dealkylation sites (tertiary alicyclic amines) is 1. The summed E-state index contributed by atoms with van der Waals surface area (Å²) in [6.07, 6.45) is 4.78. The fourth-order valence-corrected chi connectivity index (χ4v) is 4.47. The van der Waals surface area contributed by atoms with E-state index in [1.54, 1.807) is 20.4 Å². The van der Waals surface area contributed by atoms with Gasteiger partial charge in [-0.3, -0.25) is 14.6 Å². The lowest BCUT2D eigenvalue weighted by molar-refractivity contribution is -0.138. The number of benzene rings is 1. The van der Waals surface area contributed by atoms with E-state index in [9.17, 15) is 9.59 Å². The van der Waals surface area contributed by atoms with Crippen molar-refractivity contribution in [1.29, 1.82) is 0 Å². The van der Waals surface area contributed by atoms with E-state index >= 15 is 0 Å². The van der Waals surface area contributed by atoms with Gasteiger partial charge in [0.1, 0.15) is 0 Å². The summed E-state index contributed by atoms with van der Waals surface area (Å²) >= 11 is 0. The molecule has 2 aliphatic rings. The van der Waals surface area contributed by atoms with Gasteiger partial charge in [0.15, 0.2) is 11.5 Å². The lowest BCUT2D eigenvalue weighted by atomic mass is 10.0. The van der Waals surface area contributed by atoms with Gasteiger partial charge in [0.05, 0.1) is 31.9 Å². The molecular weight excluding hydrogens is 406 g/mol. The smallest absolute Gasteiger partial charge is 0.228 e. The standard InChI is InChI=1S/C25H31N3O4/c1-17(21-6-4-5-12-26-21)28(20-8-9-20)25(30)19-15-24(29)27(16-19)13-11-18-7-10-22(31-2)23(14-18)32-3/h4-7,10,12,14,17,19-20H,8-9,11,13,15-16H2,1-3H3. The Bertz CT molecular complexity index is 961. The van der Waals surface area contributed by atoms with Gasteiger partial charge in [0, 0.05) is 31.7 Å². The van der Waals surface area contributed by atoms with Gasteiger partial charge in [0.25, 0.3) is 0 Å². The molecule has 0 bridgehead atoms. The second-order valence-corrected chi connectivity index (χ2v) is 8.59. The summed E-state index contributed by atoms with van der Waals surface area (Å²) in [6.45, 7) is 3.09. The molecule has 32 heavy (non-hydrogen) atoms. The number of pyridine rings is 1. The highest BCUT2D eigenvalue weighted by atomic mass is 16.5. The van der Waals surface area contributed by atoms with E-state index in [2.05, 4.69) is 4.98 Å². The Balaban J connectivity index is 1.40. The number of ether oxygens (including phenoxy) is 2. The lowest BCUT2D eigenvalue weighted by Gasteiger charge is -2.31. The van der Waals surface area contributed by atoms with E-state index in [4.69, 9.17) is 9.47 Å². The van der Waals surface area contributed by atoms with Gasteiger partial charge in [0.2, 0.25) is 11.8 Å². The average molecular weight is 438 g/mol. The highest BCUT2D eigenvalue weighted by molar-refractivity contribution is 5.89. The van der Waals surface area contributed by atoms with E-state index in [0.29, 0.717) is 31.0 Å². The molecule has 2 heterocycles. The molecule has 2 aromatic rings. The molecular formula is C25H31N3O4. The molecule has 7 nitrogen and oxygen atoms in total. The summed E-state index contributed by atoms with van der Waals surface area (Å²) in [5.74, 6) is 1.19. The van der Waals surface area contributed by atoms with E-state index < -0.39 is 0 Å². The maximum Gasteiger partial charge on any atom is 0.228 e. The second kappa shape index (κ2) is 9.59. The van der Waals surface area contributed by atoms with E-state index in [1.807, 2.05) is 53.1 Å². The first-order valence-electron chi connectivity index (χ1n) is 11.2. The normalized spacial score (nSPS) is 19.0. The van der Waals surface area contributed by atoms with Gasteiger partial charge in [-0.25, -0.2) is 0 Å². The number of rotatable bonds is 9. The van der Waals surface area contributed by atoms with Crippen LogP contribution in [-0.4, -0.2) is 59.9 Å². The van der Waals surface area contributed by atoms with E-state index in [0.717, 1.165) is 24.1 Å². The molecule has 170 valence electrons. The average Bonchev–Trinajstić information content (AvgIpc) is 3.59. The van der Waals surface area contributed by atoms with Gasteiger partial charge in [-0.05, 0) is 56.0 Å². The Morgan fingerprint density at radius 2 is 1.97 bits per heavy atom. The zero-order valence-corrected chi connectivity index (χ0v) is 19.0. The number of aromatic nitrogens is 1. The predicted molar refractivity (Wildman–Crippen MR) is 120 cm³/mol. The number of amides is 2. The van der Waals surface area contributed by atoms with Crippen molar-refractivity contribution in [2.75, 3.05) is 27.3 Å². The zero-order valence-electron chi connectivity index (χ0n) is 19.0. The highest BCUT2D eigenvalue weighted by Crippen LogP contribution is 2.36. The maximum atomic E-state index is 13.4. The largest absolute Gasteiger partial charge is 0.493 e. The van der Waals surface area contributed by atoms with Gasteiger partial charge < -0.3 is 19.3 Å². The zero-order chi connectivity index (χ0) is 22.7. The molecule has 2 fully saturated rings. The Kier molecular flexibility index (Phi) is 6.63. The molecule has 1 aliphatic carbocycles. The van der Waals surface area contributed by atoms with E-state index in [1.165, 1.54) is 0 Å². The maximum absolute atomic E-state index is 13.4. The molecule has 0 N–H and O–H groups in total. The minimum absolute atomic E-state index is 0.0464. The predicted octanol–water partition coefficient (Wildman–Crippen LogP) is 3.24. The van der Waals surface area contributed by atoms with Crippen LogP contribution in [-0.2, 0) is 16.0 Å². The third kappa shape index (κ3) is 4.71. The molecule has 1 aliphatic heterocycles. The topological polar surface area (TPSA) is 72.0 Å². The Morgan fingerprint density at radius 3 is 2.62 bits per heavy atom. The first-order chi connectivity index (χ1) is 15.5. The van der Waals surface area contributed by atoms with Crippen molar-refractivity contribution < 1.29 is 19.1 Å². The molecule has 1 saturated heterocycles. The van der Waals surface area contributed by atoms with Crippen LogP contribution in [0.25, 0.3) is 0 Å². The van der Waals surface area contributed by atoms with Crippen molar-refractivity contribution in [2.24, 2.45) is 5.92 Å². The molecule has 2 atom stereocenters. The third-order valence-corrected chi connectivity index (χ3v) is 6.41. The summed E-state index contributed by atoms with van der Waals surface area (Å²) in [5.41, 5.74) is 1.95. The van der Waals surface area contributed by atoms with Gasteiger partial charge >= 0.3 is 0 Å². The Morgan fingerprint density at radius 1 is 1.19 bits per heavy atom. The van der Waals surface area contributed by atoms with Crippen LogP contribution in [0.5, 0.6) is 11.5 Å². The molecule has 4 rings (SSSR count). The van der Waals surface area contributed by atoms with Gasteiger partial charge in [-0.15, -0.1) is 0 Å². The van der Waals surface area contributed by atoms with E-state index in [-0.39, 0.29) is 36.2 Å². The van der Waals surface area contributed by atoms with Crippen LogP contribution in [0.2, 0.25) is 0 Å². The third-order valence-electron chi connectivity index (χ3n) is 6.41. The van der Waals surface area contributed by atoms with Crippen molar-refractivity contribution in [3.63, 3.8) is 0 Å². The van der Waals surface area contributed by atoms with Crippen LogP contribution in [0.1, 0.15) is 43.5 Å². The van der Waals surface area contributed by atoms with Crippen LogP contribution in [0.4, 0.5) is 0 Å². The highest BCUT2D eigenvalue weighted by Gasteiger charge is 2.43. The van der Waals surface area contributed by atoms with Crippen LogP contribution in [0.3, 0.4) is 0 Å². The summed E-state index contributed by atoms with van der Waals surface area (Å²) < 4.78 is 10.7. The number of carbonyl (C=O) groups excluding carboxylic acids is 2. The van der Waals surface area contributed by atoms with Crippen molar-refractivity contribution in [3.8, 4) is 11.5 Å². The van der Waals surface area contributed by atoms with Crippen molar-refractivity contribution in [2.45, 2.75) is 44.7 Å². The SMILES string of the molecule is COc1ccc(CCN2CC(C(=O)N(C3CC3)C(C)c3ccccn3)CC2=O)cc1OC. The minimum atomic E-state index is -0.292. The Hall–Kier alpha value is -3.09. The summed E-state index contributed by atoms with van der Waals surface area (Å²) in [5, 5.41) is 0. The van der Waals surface area contributed by atoms with Crippen LogP contribution < -0.4 is 9.47 Å². The van der Waals surface area contributed by atoms with Crippen LogP contribution in [0, 0.1) is 5.92 Å². The molecule has 1 saturated carbocycles. The van der Waals surface area contributed by atoms with Crippen molar-refractivity contribution >= 4 is 11.8 Å². The van der Waals surface area contributed by atoms with Gasteiger partial charge in [-0.2, -0.15) is 0 Å².